The molecule has 0 amide bonds. The average molecular weight is 1270 g/mol. The summed E-state index contributed by atoms with van der Waals surface area (Å²) in [4.78, 5) is 2.53. The van der Waals surface area contributed by atoms with E-state index >= 15 is 0 Å². The summed E-state index contributed by atoms with van der Waals surface area (Å²) in [7, 11) is 0. The molecule has 2 aromatic heterocycles. The van der Waals surface area contributed by atoms with E-state index in [-0.39, 0.29) is 58.1 Å². The molecule has 0 aliphatic carbocycles. The van der Waals surface area contributed by atoms with Crippen LogP contribution in [0, 0.1) is 0 Å². The van der Waals surface area contributed by atoms with Crippen molar-refractivity contribution in [3.05, 3.63) is 301 Å². The molecule has 4 heteroatoms. The van der Waals surface area contributed by atoms with Crippen molar-refractivity contribution in [2.24, 2.45) is 0 Å². The van der Waals surface area contributed by atoms with Crippen molar-refractivity contribution >= 4 is 105 Å². The van der Waals surface area contributed by atoms with E-state index in [2.05, 4.69) is 294 Å². The molecule has 2 aliphatic rings. The Hall–Kier alpha value is -10.7. The fourth-order valence-electron chi connectivity index (χ4n) is 15.5. The lowest BCUT2D eigenvalue weighted by Gasteiger charge is -2.43. The van der Waals surface area contributed by atoms with Crippen LogP contribution in [0.2, 0.25) is 0 Å². The molecule has 0 fully saturated rings. The lowest BCUT2D eigenvalue weighted by molar-refractivity contribution is 0.590. The highest BCUT2D eigenvalue weighted by Gasteiger charge is 2.44. The Bertz CT molecular complexity index is 6050. The molecule has 3 nitrogen and oxygen atoms in total. The van der Waals surface area contributed by atoms with Crippen molar-refractivity contribution in [2.75, 3.05) is 4.90 Å². The molecule has 0 atom stereocenters. The van der Waals surface area contributed by atoms with Crippen LogP contribution >= 0.6 is 0 Å². The van der Waals surface area contributed by atoms with Crippen molar-refractivity contribution in [1.82, 2.24) is 9.13 Å². The van der Waals surface area contributed by atoms with E-state index in [4.69, 9.17) is 0 Å². The number of anilines is 3. The Labute approximate surface area is 586 Å². The van der Waals surface area contributed by atoms with Crippen molar-refractivity contribution in [3.8, 4) is 55.9 Å². The second-order valence-corrected chi connectivity index (χ2v) is 31.2. The molecule has 13 aromatic carbocycles. The number of rotatable bonds is 6. The maximum atomic E-state index is 10.6. The van der Waals surface area contributed by atoms with E-state index in [1.807, 2.05) is 46.1 Å². The highest BCUT2D eigenvalue weighted by molar-refractivity contribution is 7.00. The molecule has 476 valence electrons. The summed E-state index contributed by atoms with van der Waals surface area (Å²) in [5.74, 6) is 0. The number of hydrogen-bond acceptors (Lipinski definition) is 1. The van der Waals surface area contributed by atoms with Crippen LogP contribution in [-0.4, -0.2) is 15.8 Å². The molecule has 98 heavy (non-hydrogen) atoms. The SMILES string of the molecule is [2H]c1c(C(C)(C)C)c([2H])c2c3c([2H])c(C(C)(C)C)c([2H])c([2H])c3n(-c3cc4c5c(c3)-n3c6ccccc6c6ccccc6c6ccccc6c6cc(-c7ccc(C(C)(C)C)cc7)cc(c63)B5c3ccc(C(C)(C)C)cc3N4c3c(-c4ccccc4)cc(-c4ccccc4)cc3-c3ccccc3)c2c1[2H]. The molecule has 0 unspecified atom stereocenters. The van der Waals surface area contributed by atoms with Gasteiger partial charge in [-0.2, -0.15) is 0 Å². The predicted molar refractivity (Wildman–Crippen MR) is 424 cm³/mol. The van der Waals surface area contributed by atoms with Gasteiger partial charge in [-0.3, -0.25) is 0 Å². The minimum atomic E-state index is -0.760. The smallest absolute Gasteiger partial charge is 0.252 e. The molecule has 0 bridgehead atoms. The van der Waals surface area contributed by atoms with Gasteiger partial charge in [0.05, 0.1) is 36.1 Å². The largest absolute Gasteiger partial charge is 0.310 e. The number of benzene rings is 13. The maximum Gasteiger partial charge on any atom is 0.252 e. The van der Waals surface area contributed by atoms with Crippen molar-refractivity contribution in [1.29, 1.82) is 0 Å². The van der Waals surface area contributed by atoms with Gasteiger partial charge in [0.25, 0.3) is 6.71 Å². The highest BCUT2D eigenvalue weighted by atomic mass is 15.2. The van der Waals surface area contributed by atoms with Crippen LogP contribution in [-0.2, 0) is 21.7 Å². The maximum absolute atomic E-state index is 10.6. The van der Waals surface area contributed by atoms with Gasteiger partial charge in [0, 0.05) is 55.3 Å². The summed E-state index contributed by atoms with van der Waals surface area (Å²) in [6, 6.07) is 88.7. The fraction of sp³-hybridized carbons (Fsp3) is 0.170. The normalized spacial score (nSPS) is 13.9. The van der Waals surface area contributed by atoms with Gasteiger partial charge in [0.15, 0.2) is 0 Å². The summed E-state index contributed by atoms with van der Waals surface area (Å²) in [5, 5.41) is 7.04. The molecule has 4 heterocycles. The summed E-state index contributed by atoms with van der Waals surface area (Å²) in [6.07, 6.45) is 0. The standard InChI is InChI=1S/C94H82BN3/c1-91(2,3)65-42-40-60(41-43-65)64-52-79-73-37-25-23-35-71(73)70-34-22-24-36-72(70)74-38-26-27-39-82(74)97-86-57-69(96-83-48-45-66(92(4,5)6)54-77(83)78-55-67(93(7,8)9)46-49-84(78)96)58-87-88(86)95(81(53-64)90(79)97)80-47-44-68(94(10,11)12)56-85(80)98(87)89-75(61-30-18-14-19-31-61)50-63(59-28-16-13-17-29-59)51-76(89)62-32-20-15-21-33-62/h13-58H,1-12H3/i45D,46D,48D,49D,54D,55D. The first-order valence-electron chi connectivity index (χ1n) is 37.6. The van der Waals surface area contributed by atoms with Gasteiger partial charge in [0.1, 0.15) is 0 Å². The fourth-order valence-corrected chi connectivity index (χ4v) is 15.5. The van der Waals surface area contributed by atoms with Crippen LogP contribution in [0.25, 0.3) is 121 Å². The summed E-state index contributed by atoms with van der Waals surface area (Å²) < 4.78 is 66.9. The Morgan fingerprint density at radius 1 is 0.296 bits per heavy atom. The summed E-state index contributed by atoms with van der Waals surface area (Å²) >= 11 is 0. The lowest BCUT2D eigenvalue weighted by Crippen LogP contribution is -2.60. The van der Waals surface area contributed by atoms with Gasteiger partial charge in [0.2, 0.25) is 0 Å². The molecule has 0 spiro atoms. The number of hydrogen-bond donors (Lipinski definition) is 0. The van der Waals surface area contributed by atoms with E-state index in [1.54, 1.807) is 0 Å². The number of aromatic nitrogens is 2. The molecule has 0 saturated carbocycles. The van der Waals surface area contributed by atoms with Crippen LogP contribution in [0.5, 0.6) is 0 Å². The van der Waals surface area contributed by atoms with Crippen LogP contribution in [0.1, 0.15) is 114 Å². The number of para-hydroxylation sites is 1. The lowest BCUT2D eigenvalue weighted by atomic mass is 9.33. The van der Waals surface area contributed by atoms with Gasteiger partial charge in [-0.1, -0.05) is 295 Å². The molecule has 0 radical (unpaired) electrons. The van der Waals surface area contributed by atoms with Crippen molar-refractivity contribution in [3.63, 3.8) is 0 Å². The molecule has 0 N–H and O–H groups in total. The van der Waals surface area contributed by atoms with Crippen molar-refractivity contribution < 1.29 is 8.22 Å². The van der Waals surface area contributed by atoms with E-state index in [1.165, 1.54) is 5.56 Å². The van der Waals surface area contributed by atoms with Crippen LogP contribution in [0.4, 0.5) is 17.1 Å². The van der Waals surface area contributed by atoms with Gasteiger partial charge in [-0.15, -0.1) is 0 Å². The number of fused-ring (bicyclic) bond motifs is 14. The minimum absolute atomic E-state index is 0.0413. The first-order valence-corrected chi connectivity index (χ1v) is 34.6. The molecule has 2 aliphatic heterocycles. The first kappa shape index (κ1) is 54.4. The van der Waals surface area contributed by atoms with E-state index in [0.29, 0.717) is 27.6 Å². The van der Waals surface area contributed by atoms with E-state index in [9.17, 15) is 8.22 Å². The summed E-state index contributed by atoms with van der Waals surface area (Å²) in [5.41, 5.74) is 19.4. The Kier molecular flexibility index (Phi) is 12.5. The molecule has 17 rings (SSSR count). The van der Waals surface area contributed by atoms with E-state index < -0.39 is 17.5 Å². The second kappa shape index (κ2) is 22.4. The Morgan fingerprint density at radius 2 is 0.735 bits per heavy atom. The quantitative estimate of drug-likeness (QED) is 0.151. The van der Waals surface area contributed by atoms with Gasteiger partial charge >= 0.3 is 0 Å². The third-order valence-electron chi connectivity index (χ3n) is 20.6. The second-order valence-electron chi connectivity index (χ2n) is 31.2. The zero-order chi connectivity index (χ0) is 72.5. The minimum Gasteiger partial charge on any atom is -0.310 e. The van der Waals surface area contributed by atoms with Crippen LogP contribution in [0.3, 0.4) is 0 Å². The number of nitrogens with zero attached hydrogens (tertiary/aromatic N) is 3. The topological polar surface area (TPSA) is 13.1 Å². The Balaban J connectivity index is 1.17. The highest BCUT2D eigenvalue weighted by Crippen LogP contribution is 2.52. The molecule has 0 saturated heterocycles. The van der Waals surface area contributed by atoms with Crippen LogP contribution < -0.4 is 21.3 Å². The molecular weight excluding hydrogens is 1180 g/mol. The molecular formula is C94H82BN3. The van der Waals surface area contributed by atoms with Gasteiger partial charge < -0.3 is 14.0 Å². The Morgan fingerprint density at radius 3 is 1.27 bits per heavy atom. The average Bonchev–Trinajstić information content (AvgIpc) is 1.14. The first-order chi connectivity index (χ1) is 49.7. The third kappa shape index (κ3) is 9.92. The van der Waals surface area contributed by atoms with Gasteiger partial charge in [-0.05, 0) is 182 Å². The van der Waals surface area contributed by atoms with Crippen LogP contribution in [0.15, 0.2) is 279 Å². The van der Waals surface area contributed by atoms with E-state index in [0.717, 1.165) is 133 Å². The molecule has 15 aromatic rings. The van der Waals surface area contributed by atoms with Gasteiger partial charge in [-0.25, -0.2) is 0 Å². The summed E-state index contributed by atoms with van der Waals surface area (Å²) in [6.45, 7) is 25.1. The zero-order valence-corrected chi connectivity index (χ0v) is 58.0. The monoisotopic (exact) mass is 1270 g/mol. The third-order valence-corrected chi connectivity index (χ3v) is 20.6. The predicted octanol–water partition coefficient (Wildman–Crippen LogP) is 23.8. The van der Waals surface area contributed by atoms with Crippen molar-refractivity contribution in [2.45, 2.75) is 105 Å². The zero-order valence-electron chi connectivity index (χ0n) is 64.0.